The average molecular weight is 669 g/mol. The molecule has 240 valence electrons. The number of aliphatic hydroxyl groups is 4. The molecular formula is C21H28N7O14P2+. The fourth-order valence-electron chi connectivity index (χ4n) is 4.58. The van der Waals surface area contributed by atoms with Crippen LogP contribution in [0.1, 0.15) is 22.8 Å². The summed E-state index contributed by atoms with van der Waals surface area (Å²) in [5, 5.41) is 41.6. The molecule has 21 nitrogen and oxygen atoms in total. The number of fused-ring (bicyclic) bond motifs is 1. The summed E-state index contributed by atoms with van der Waals surface area (Å²) in [7, 11) is -10.7. The maximum atomic E-state index is 12.4. The van der Waals surface area contributed by atoms with Gasteiger partial charge in [-0.3, -0.25) is 18.4 Å². The zero-order valence-corrected chi connectivity index (χ0v) is 24.0. The van der Waals surface area contributed by atoms with E-state index in [-0.39, 0.29) is 22.5 Å². The van der Waals surface area contributed by atoms with Crippen molar-refractivity contribution in [2.45, 2.75) is 49.1 Å². The monoisotopic (exact) mass is 669 g/mol. The van der Waals surface area contributed by atoms with Crippen LogP contribution in [-0.2, 0) is 32.0 Å². The Labute approximate surface area is 246 Å². The molecule has 3 aromatic rings. The van der Waals surface area contributed by atoms with Crippen molar-refractivity contribution in [2.24, 2.45) is 5.73 Å². The Hall–Kier alpha value is -3.01. The molecule has 6 unspecified atom stereocenters. The van der Waals surface area contributed by atoms with E-state index in [1.165, 1.54) is 40.0 Å². The number of ether oxygens (including phenoxy) is 2. The van der Waals surface area contributed by atoms with Crippen molar-refractivity contribution >= 4 is 38.5 Å². The Balaban J connectivity index is 1.16. The van der Waals surface area contributed by atoms with E-state index < -0.39 is 83.8 Å². The van der Waals surface area contributed by atoms with Crippen LogP contribution < -0.4 is 16.0 Å². The average Bonchev–Trinajstić information content (AvgIpc) is 3.61. The number of nitrogens with two attached hydrogens (primary N) is 2. The number of amides is 1. The predicted octanol–water partition coefficient (Wildman–Crippen LogP) is -3.02. The first-order chi connectivity index (χ1) is 20.7. The number of pyridine rings is 1. The smallest absolute Gasteiger partial charge is 0.387 e. The molecule has 23 heteroatoms. The minimum Gasteiger partial charge on any atom is -0.387 e. The minimum absolute atomic E-state index is 0.0505. The number of carbonyl (C=O) groups is 1. The number of aliphatic hydroxyl groups excluding tert-OH is 4. The molecule has 5 rings (SSSR count). The predicted molar refractivity (Wildman–Crippen MR) is 139 cm³/mol. The second-order valence-corrected chi connectivity index (χ2v) is 12.7. The Morgan fingerprint density at radius 3 is 2.27 bits per heavy atom. The van der Waals surface area contributed by atoms with Gasteiger partial charge in [0, 0.05) is 6.07 Å². The van der Waals surface area contributed by atoms with E-state index in [2.05, 4.69) is 23.8 Å². The van der Waals surface area contributed by atoms with Crippen LogP contribution in [0.5, 0.6) is 0 Å². The molecule has 2 saturated heterocycles. The van der Waals surface area contributed by atoms with Gasteiger partial charge in [0.15, 0.2) is 36.2 Å². The van der Waals surface area contributed by atoms with Gasteiger partial charge in [-0.1, -0.05) is 0 Å². The van der Waals surface area contributed by atoms with Crippen LogP contribution in [0.4, 0.5) is 5.82 Å². The number of aromatic nitrogens is 5. The van der Waals surface area contributed by atoms with Gasteiger partial charge in [-0.15, -0.1) is 0 Å². The lowest BCUT2D eigenvalue weighted by molar-refractivity contribution is -0.765. The van der Waals surface area contributed by atoms with Gasteiger partial charge < -0.3 is 51.2 Å². The number of phosphoric acid groups is 2. The highest BCUT2D eigenvalue weighted by Gasteiger charge is 2.50. The number of carbonyl (C=O) groups excluding carboxylic acids is 1. The van der Waals surface area contributed by atoms with Gasteiger partial charge in [0.1, 0.15) is 47.9 Å². The largest absolute Gasteiger partial charge is 0.481 e. The SMILES string of the molecule is NC(=O)c1ccc[n+]([13CH]2O[13CH]([13CH2]OP(=O)(O)OP(=O)(O)OCC3OC(n4cnc5c(N)ncnc54)[C@H](O)[C@@H]3O)[13C@@H](O)[13C@H]2O)c1. The summed E-state index contributed by atoms with van der Waals surface area (Å²) in [5.41, 5.74) is 11.4. The number of nitrogen functional groups attached to an aromatic ring is 1. The van der Waals surface area contributed by atoms with Crippen molar-refractivity contribution < 1.29 is 71.5 Å². The van der Waals surface area contributed by atoms with Gasteiger partial charge in [-0.2, -0.15) is 8.88 Å². The quantitative estimate of drug-likeness (QED) is 0.0572. The van der Waals surface area contributed by atoms with Crippen molar-refractivity contribution in [1.82, 2.24) is 19.5 Å². The zero-order chi connectivity index (χ0) is 32.0. The van der Waals surface area contributed by atoms with E-state index >= 15 is 0 Å². The second-order valence-electron chi connectivity index (χ2n) is 9.69. The third-order valence-electron chi connectivity index (χ3n) is 6.75. The number of phosphoric ester groups is 2. The molecule has 5 heterocycles. The molecule has 0 aliphatic carbocycles. The summed E-state index contributed by atoms with van der Waals surface area (Å²) in [6.07, 6.45) is -6.85. The summed E-state index contributed by atoms with van der Waals surface area (Å²) in [5.74, 6) is -0.714. The molecule has 0 saturated carbocycles. The van der Waals surface area contributed by atoms with E-state index in [0.29, 0.717) is 0 Å². The van der Waals surface area contributed by atoms with E-state index in [1.54, 1.807) is 0 Å². The number of anilines is 1. The maximum Gasteiger partial charge on any atom is 0.481 e. The van der Waals surface area contributed by atoms with Crippen molar-refractivity contribution in [3.63, 3.8) is 0 Å². The van der Waals surface area contributed by atoms with Crippen molar-refractivity contribution in [3.8, 4) is 0 Å². The number of imidazole rings is 1. The third kappa shape index (κ3) is 6.65. The highest BCUT2D eigenvalue weighted by Crippen LogP contribution is 2.60. The topological polar surface area (TPSA) is 318 Å². The molecule has 0 aromatic carbocycles. The first kappa shape index (κ1) is 32.4. The molecule has 3 aromatic heterocycles. The molecule has 44 heavy (non-hydrogen) atoms. The lowest BCUT2D eigenvalue weighted by atomic mass is 10.1. The van der Waals surface area contributed by atoms with Crippen molar-refractivity contribution in [1.29, 1.82) is 0 Å². The van der Waals surface area contributed by atoms with Gasteiger partial charge >= 0.3 is 15.6 Å². The Bertz CT molecular complexity index is 1630. The zero-order valence-electron chi connectivity index (χ0n) is 22.2. The minimum atomic E-state index is -5.37. The first-order valence-corrected chi connectivity index (χ1v) is 15.6. The molecule has 0 bridgehead atoms. The van der Waals surface area contributed by atoms with Crippen LogP contribution in [0.15, 0.2) is 37.2 Å². The first-order valence-electron chi connectivity index (χ1n) is 12.6. The normalized spacial score (nSPS) is 31.6. The van der Waals surface area contributed by atoms with Crippen molar-refractivity contribution in [2.75, 3.05) is 18.9 Å². The molecule has 1 amide bonds. The van der Waals surface area contributed by atoms with Gasteiger partial charge in [0.05, 0.1) is 19.5 Å². The standard InChI is InChI=1S/C21H27N7O14P2/c22-17-12-19(25-7-24-17)28(8-26-12)21-16(32)14(30)11(41-21)6-39-44(36,37)42-43(34,35)38-5-10-13(29)15(31)20(40-10)27-3-1-2-9(4-27)18(23)33/h1-4,7-8,10-11,13-16,20-21,29-32H,5-6H2,(H5-,22,23,24,25,33,34,35,36,37)/p+1/t10?,11?,13-,14-,15-,16-,20?,21?/m1/s1/i5+1,10+1,13+1,15+1,20+1. The highest BCUT2D eigenvalue weighted by molar-refractivity contribution is 7.61. The Morgan fingerprint density at radius 1 is 0.977 bits per heavy atom. The number of primary amides is 1. The maximum absolute atomic E-state index is 12.4. The van der Waals surface area contributed by atoms with E-state index in [0.717, 1.165) is 6.33 Å². The molecule has 2 aliphatic rings. The summed E-state index contributed by atoms with van der Waals surface area (Å²) in [6.45, 7) is -1.80. The fraction of sp³-hybridized carbons (Fsp3) is 0.476. The number of nitrogens with zero attached hydrogens (tertiary/aromatic N) is 5. The summed E-state index contributed by atoms with van der Waals surface area (Å²) < 4.78 is 52.0. The molecule has 2 fully saturated rings. The molecule has 10 N–H and O–H groups in total. The molecule has 2 aliphatic heterocycles. The second kappa shape index (κ2) is 12.4. The van der Waals surface area contributed by atoms with Crippen LogP contribution in [0.25, 0.3) is 11.2 Å². The lowest BCUT2D eigenvalue weighted by Gasteiger charge is -2.20. The fourth-order valence-corrected chi connectivity index (χ4v) is 6.67. The summed E-state index contributed by atoms with van der Waals surface area (Å²) in [4.78, 5) is 43.3. The Morgan fingerprint density at radius 2 is 1.61 bits per heavy atom. The summed E-state index contributed by atoms with van der Waals surface area (Å²) in [6, 6.07) is 2.83. The van der Waals surface area contributed by atoms with Crippen LogP contribution in [-0.4, -0.2) is 105 Å². The van der Waals surface area contributed by atoms with Gasteiger partial charge in [-0.05, 0) is 6.07 Å². The van der Waals surface area contributed by atoms with Crippen LogP contribution in [0.3, 0.4) is 0 Å². The van der Waals surface area contributed by atoms with Crippen molar-refractivity contribution in [3.05, 3.63) is 42.7 Å². The van der Waals surface area contributed by atoms with Crippen LogP contribution in [0.2, 0.25) is 0 Å². The van der Waals surface area contributed by atoms with Gasteiger partial charge in [0.25, 0.3) is 12.1 Å². The van der Waals surface area contributed by atoms with Gasteiger partial charge in [0.2, 0.25) is 0 Å². The Kier molecular flexibility index (Phi) is 9.13. The van der Waals surface area contributed by atoms with Crippen LogP contribution in [0, 0.1) is 0 Å². The van der Waals surface area contributed by atoms with E-state index in [4.69, 9.17) is 25.5 Å². The molecule has 0 radical (unpaired) electrons. The molecular weight excluding hydrogens is 641 g/mol. The number of hydrogen-bond donors (Lipinski definition) is 8. The molecule has 0 spiro atoms. The van der Waals surface area contributed by atoms with Gasteiger partial charge in [-0.25, -0.2) is 24.1 Å². The van der Waals surface area contributed by atoms with E-state index in [9.17, 15) is 44.1 Å². The lowest BCUT2D eigenvalue weighted by Crippen LogP contribution is -2.46. The highest BCUT2D eigenvalue weighted by atomic mass is 31.3. The van der Waals surface area contributed by atoms with Crippen LogP contribution >= 0.6 is 15.6 Å². The third-order valence-corrected chi connectivity index (χ3v) is 9.35. The van der Waals surface area contributed by atoms with E-state index in [1.807, 2.05) is 0 Å². The number of hydrogen-bond acceptors (Lipinski definition) is 16. The summed E-state index contributed by atoms with van der Waals surface area (Å²) >= 11 is 0. The molecule has 10 atom stereocenters. The number of rotatable bonds is 11.